The first kappa shape index (κ1) is 20.5. The molecule has 0 aromatic carbocycles. The van der Waals surface area contributed by atoms with Crippen LogP contribution in [0, 0.1) is 12.3 Å². The van der Waals surface area contributed by atoms with Crippen molar-refractivity contribution < 1.29 is 4.79 Å². The second kappa shape index (κ2) is 9.67. The molecule has 1 atom stereocenters. The Bertz CT molecular complexity index is 545. The van der Waals surface area contributed by atoms with Crippen molar-refractivity contribution in [1.29, 1.82) is 0 Å². The molecule has 1 aromatic rings. The van der Waals surface area contributed by atoms with Crippen LogP contribution in [0.2, 0.25) is 0 Å². The summed E-state index contributed by atoms with van der Waals surface area (Å²) >= 11 is 1.84. The Hall–Kier alpha value is -1.56. The first-order chi connectivity index (χ1) is 11.2. The van der Waals surface area contributed by atoms with Crippen molar-refractivity contribution in [2.24, 2.45) is 10.4 Å². The summed E-state index contributed by atoms with van der Waals surface area (Å²) in [7, 11) is 0. The summed E-state index contributed by atoms with van der Waals surface area (Å²) < 4.78 is 0. The standard InChI is InChI=1S/C18H32N4OS/c1-7-19-17(21-11-10-20-16(23)18(4,5)6)22-13(2)12-15-9-8-14(3)24-15/h8-9,13H,7,10-12H2,1-6H3,(H,20,23)(H2,19,21,22). The zero-order chi connectivity index (χ0) is 18.2. The van der Waals surface area contributed by atoms with Crippen molar-refractivity contribution in [2.45, 2.75) is 54.0 Å². The Morgan fingerprint density at radius 2 is 2.00 bits per heavy atom. The molecule has 5 nitrogen and oxygen atoms in total. The molecule has 1 aromatic heterocycles. The number of thiophene rings is 1. The van der Waals surface area contributed by atoms with Crippen LogP contribution in [0.4, 0.5) is 0 Å². The SMILES string of the molecule is CCNC(=NCCNC(=O)C(C)(C)C)NC(C)Cc1ccc(C)s1. The van der Waals surface area contributed by atoms with Crippen molar-refractivity contribution in [1.82, 2.24) is 16.0 Å². The average Bonchev–Trinajstić information content (AvgIpc) is 2.87. The fraction of sp³-hybridized carbons (Fsp3) is 0.667. The van der Waals surface area contributed by atoms with E-state index in [9.17, 15) is 4.79 Å². The Morgan fingerprint density at radius 1 is 1.29 bits per heavy atom. The zero-order valence-electron chi connectivity index (χ0n) is 15.8. The van der Waals surface area contributed by atoms with Gasteiger partial charge in [-0.3, -0.25) is 9.79 Å². The highest BCUT2D eigenvalue weighted by Gasteiger charge is 2.20. The Kier molecular flexibility index (Phi) is 8.25. The van der Waals surface area contributed by atoms with Crippen molar-refractivity contribution in [3.63, 3.8) is 0 Å². The molecule has 0 aliphatic heterocycles. The van der Waals surface area contributed by atoms with Crippen LogP contribution in [0.1, 0.15) is 44.4 Å². The minimum Gasteiger partial charge on any atom is -0.357 e. The van der Waals surface area contributed by atoms with Crippen molar-refractivity contribution in [2.75, 3.05) is 19.6 Å². The third-order valence-electron chi connectivity index (χ3n) is 3.38. The van der Waals surface area contributed by atoms with Gasteiger partial charge in [0, 0.05) is 40.7 Å². The third-order valence-corrected chi connectivity index (χ3v) is 4.40. The van der Waals surface area contributed by atoms with Gasteiger partial charge in [0.1, 0.15) is 0 Å². The molecule has 6 heteroatoms. The molecule has 1 unspecified atom stereocenters. The van der Waals surface area contributed by atoms with E-state index in [-0.39, 0.29) is 11.3 Å². The van der Waals surface area contributed by atoms with E-state index in [1.165, 1.54) is 9.75 Å². The Morgan fingerprint density at radius 3 is 2.54 bits per heavy atom. The molecule has 0 fully saturated rings. The van der Waals surface area contributed by atoms with Gasteiger partial charge in [-0.15, -0.1) is 11.3 Å². The van der Waals surface area contributed by atoms with Crippen molar-refractivity contribution in [3.05, 3.63) is 21.9 Å². The number of guanidine groups is 1. The fourth-order valence-corrected chi connectivity index (χ4v) is 3.12. The number of aliphatic imine (C=N–C) groups is 1. The van der Waals surface area contributed by atoms with Crippen LogP contribution in [0.15, 0.2) is 17.1 Å². The number of amides is 1. The molecule has 0 radical (unpaired) electrons. The highest BCUT2D eigenvalue weighted by atomic mass is 32.1. The number of aryl methyl sites for hydroxylation is 1. The fourth-order valence-electron chi connectivity index (χ4n) is 2.10. The number of nitrogens with one attached hydrogen (secondary N) is 3. The zero-order valence-corrected chi connectivity index (χ0v) is 16.6. The largest absolute Gasteiger partial charge is 0.357 e. The molecule has 0 aliphatic rings. The second-order valence-electron chi connectivity index (χ2n) is 7.03. The molecule has 0 aliphatic carbocycles. The predicted molar refractivity (Wildman–Crippen MR) is 104 cm³/mol. The van der Waals surface area contributed by atoms with E-state index in [1.807, 2.05) is 39.0 Å². The first-order valence-corrected chi connectivity index (χ1v) is 9.42. The molecule has 1 rings (SSSR count). The summed E-state index contributed by atoms with van der Waals surface area (Å²) in [4.78, 5) is 19.1. The molecule has 1 heterocycles. The van der Waals surface area contributed by atoms with E-state index >= 15 is 0 Å². The van der Waals surface area contributed by atoms with Gasteiger partial charge >= 0.3 is 0 Å². The van der Waals surface area contributed by atoms with Gasteiger partial charge in [0.2, 0.25) is 5.91 Å². The molecule has 0 saturated heterocycles. The highest BCUT2D eigenvalue weighted by molar-refractivity contribution is 7.11. The summed E-state index contributed by atoms with van der Waals surface area (Å²) in [5.41, 5.74) is -0.361. The van der Waals surface area contributed by atoms with E-state index < -0.39 is 0 Å². The normalized spacial score (nSPS) is 13.5. The van der Waals surface area contributed by atoms with Gasteiger partial charge in [-0.2, -0.15) is 0 Å². The minimum atomic E-state index is -0.361. The molecule has 136 valence electrons. The van der Waals surface area contributed by atoms with Crippen LogP contribution in [-0.4, -0.2) is 37.5 Å². The van der Waals surface area contributed by atoms with Gasteiger partial charge in [0.25, 0.3) is 0 Å². The summed E-state index contributed by atoms with van der Waals surface area (Å²) in [5.74, 6) is 0.848. The van der Waals surface area contributed by atoms with E-state index in [4.69, 9.17) is 0 Å². The molecular weight excluding hydrogens is 320 g/mol. The number of carbonyl (C=O) groups excluding carboxylic acids is 1. The summed E-state index contributed by atoms with van der Waals surface area (Å²) in [6, 6.07) is 4.64. The van der Waals surface area contributed by atoms with Crippen LogP contribution >= 0.6 is 11.3 Å². The van der Waals surface area contributed by atoms with E-state index in [2.05, 4.69) is 46.9 Å². The third kappa shape index (κ3) is 7.81. The van der Waals surface area contributed by atoms with E-state index in [1.54, 1.807) is 0 Å². The molecule has 0 spiro atoms. The van der Waals surface area contributed by atoms with Crippen LogP contribution in [0.3, 0.4) is 0 Å². The Labute approximate surface area is 150 Å². The van der Waals surface area contributed by atoms with E-state index in [0.717, 1.165) is 18.9 Å². The quantitative estimate of drug-likeness (QED) is 0.402. The lowest BCUT2D eigenvalue weighted by molar-refractivity contribution is -0.128. The maximum atomic E-state index is 11.8. The van der Waals surface area contributed by atoms with E-state index in [0.29, 0.717) is 19.1 Å². The minimum absolute atomic E-state index is 0.0529. The van der Waals surface area contributed by atoms with Gasteiger partial charge in [0.15, 0.2) is 5.96 Å². The number of hydrogen-bond donors (Lipinski definition) is 3. The number of nitrogens with zero attached hydrogens (tertiary/aromatic N) is 1. The van der Waals surface area contributed by atoms with Gasteiger partial charge in [0.05, 0.1) is 6.54 Å². The molecule has 24 heavy (non-hydrogen) atoms. The predicted octanol–water partition coefficient (Wildman–Crippen LogP) is 2.70. The monoisotopic (exact) mass is 352 g/mol. The lowest BCUT2D eigenvalue weighted by Crippen LogP contribution is -2.43. The lowest BCUT2D eigenvalue weighted by Gasteiger charge is -2.18. The van der Waals surface area contributed by atoms with Gasteiger partial charge in [-0.05, 0) is 32.9 Å². The maximum Gasteiger partial charge on any atom is 0.225 e. The van der Waals surface area contributed by atoms with Crippen LogP contribution < -0.4 is 16.0 Å². The number of carbonyl (C=O) groups is 1. The Balaban J connectivity index is 2.45. The second-order valence-corrected chi connectivity index (χ2v) is 8.40. The van der Waals surface area contributed by atoms with Crippen LogP contribution in [0.25, 0.3) is 0 Å². The number of hydrogen-bond acceptors (Lipinski definition) is 3. The lowest BCUT2D eigenvalue weighted by atomic mass is 9.96. The molecule has 0 saturated carbocycles. The first-order valence-electron chi connectivity index (χ1n) is 8.60. The van der Waals surface area contributed by atoms with Crippen LogP contribution in [-0.2, 0) is 11.2 Å². The summed E-state index contributed by atoms with van der Waals surface area (Å²) in [5, 5.41) is 9.60. The molecule has 1 amide bonds. The van der Waals surface area contributed by atoms with Crippen LogP contribution in [0.5, 0.6) is 0 Å². The van der Waals surface area contributed by atoms with Gasteiger partial charge < -0.3 is 16.0 Å². The smallest absolute Gasteiger partial charge is 0.225 e. The maximum absolute atomic E-state index is 11.8. The number of rotatable bonds is 7. The van der Waals surface area contributed by atoms with Crippen molar-refractivity contribution in [3.8, 4) is 0 Å². The molecule has 0 bridgehead atoms. The average molecular weight is 353 g/mol. The van der Waals surface area contributed by atoms with Gasteiger partial charge in [-0.1, -0.05) is 20.8 Å². The molecular formula is C18H32N4OS. The summed E-state index contributed by atoms with van der Waals surface area (Å²) in [6.07, 6.45) is 0.976. The van der Waals surface area contributed by atoms with Gasteiger partial charge in [-0.25, -0.2) is 0 Å². The highest BCUT2D eigenvalue weighted by Crippen LogP contribution is 2.16. The van der Waals surface area contributed by atoms with Crippen molar-refractivity contribution >= 4 is 23.2 Å². The summed E-state index contributed by atoms with van der Waals surface area (Å²) in [6.45, 7) is 14.0. The topological polar surface area (TPSA) is 65.5 Å². The molecule has 3 N–H and O–H groups in total.